The summed E-state index contributed by atoms with van der Waals surface area (Å²) in [6.45, 7) is 5.89. The summed E-state index contributed by atoms with van der Waals surface area (Å²) < 4.78 is 5.70. The van der Waals surface area contributed by atoms with Crippen LogP contribution in [0.3, 0.4) is 0 Å². The molecule has 1 heterocycles. The number of fused-ring (bicyclic) bond motifs is 1. The van der Waals surface area contributed by atoms with Crippen LogP contribution in [0.2, 0.25) is 0 Å². The summed E-state index contributed by atoms with van der Waals surface area (Å²) >= 11 is 5.44. The predicted molar refractivity (Wildman–Crippen MR) is 129 cm³/mol. The lowest BCUT2D eigenvalue weighted by Gasteiger charge is -2.32. The van der Waals surface area contributed by atoms with Crippen molar-refractivity contribution in [3.63, 3.8) is 0 Å². The number of nitrogens with one attached hydrogen (secondary N) is 3. The number of carbonyl (C=O) groups excluding carboxylic acids is 1. The van der Waals surface area contributed by atoms with Gasteiger partial charge in [-0.2, -0.15) is 0 Å². The summed E-state index contributed by atoms with van der Waals surface area (Å²) in [5.41, 5.74) is 5.12. The van der Waals surface area contributed by atoms with E-state index in [2.05, 4.69) is 22.0 Å². The van der Waals surface area contributed by atoms with Crippen molar-refractivity contribution in [3.05, 3.63) is 82.6 Å². The monoisotopic (exact) mass is 431 g/mol. The highest BCUT2D eigenvalue weighted by atomic mass is 32.1. The van der Waals surface area contributed by atoms with E-state index < -0.39 is 6.04 Å². The molecule has 3 aromatic carbocycles. The molecular formula is C25H25N3O2S. The van der Waals surface area contributed by atoms with Gasteiger partial charge in [0, 0.05) is 16.9 Å². The van der Waals surface area contributed by atoms with E-state index in [0.29, 0.717) is 22.1 Å². The Morgan fingerprint density at radius 2 is 1.84 bits per heavy atom. The number of hydrogen-bond donors (Lipinski definition) is 3. The van der Waals surface area contributed by atoms with Gasteiger partial charge in [-0.05, 0) is 61.5 Å². The SMILES string of the molecule is COc1ccc2ccccc2c1[C@@H]1NC(=S)NC(C)=C1C(=O)Nc1ccc(C)cc1C. The molecule has 1 aliphatic rings. The number of hydrogen-bond acceptors (Lipinski definition) is 3. The molecule has 158 valence electrons. The maximum absolute atomic E-state index is 13.5. The molecule has 0 fully saturated rings. The van der Waals surface area contributed by atoms with Gasteiger partial charge < -0.3 is 20.7 Å². The molecule has 6 heteroatoms. The highest BCUT2D eigenvalue weighted by molar-refractivity contribution is 7.80. The Bertz CT molecular complexity index is 1230. The molecule has 0 bridgehead atoms. The number of thiocarbonyl (C=S) groups is 1. The highest BCUT2D eigenvalue weighted by Gasteiger charge is 2.33. The van der Waals surface area contributed by atoms with Gasteiger partial charge in [0.2, 0.25) is 0 Å². The van der Waals surface area contributed by atoms with Gasteiger partial charge >= 0.3 is 0 Å². The first kappa shape index (κ1) is 20.9. The number of anilines is 1. The molecule has 0 radical (unpaired) electrons. The van der Waals surface area contributed by atoms with E-state index in [1.165, 1.54) is 0 Å². The molecule has 4 rings (SSSR count). The average Bonchev–Trinajstić information content (AvgIpc) is 2.74. The highest BCUT2D eigenvalue weighted by Crippen LogP contribution is 2.38. The first-order valence-corrected chi connectivity index (χ1v) is 10.5. The molecule has 0 unspecified atom stereocenters. The summed E-state index contributed by atoms with van der Waals surface area (Å²) in [6, 6.07) is 17.5. The van der Waals surface area contributed by atoms with E-state index in [9.17, 15) is 4.79 Å². The van der Waals surface area contributed by atoms with Crippen molar-refractivity contribution in [2.24, 2.45) is 0 Å². The largest absolute Gasteiger partial charge is 0.496 e. The standard InChI is InChI=1S/C25H25N3O2S/c1-14-9-11-19(15(2)13-14)27-24(29)21-16(3)26-25(31)28-23(21)22-18-8-6-5-7-17(18)10-12-20(22)30-4/h5-13,23H,1-4H3,(H,27,29)(H2,26,28,31)/t23-/m1/s1. The molecule has 5 nitrogen and oxygen atoms in total. The van der Waals surface area contributed by atoms with Crippen molar-refractivity contribution in [2.75, 3.05) is 12.4 Å². The van der Waals surface area contributed by atoms with Crippen LogP contribution in [0.15, 0.2) is 65.9 Å². The summed E-state index contributed by atoms with van der Waals surface area (Å²) in [5, 5.41) is 12.0. The fraction of sp³-hybridized carbons (Fsp3) is 0.200. The zero-order chi connectivity index (χ0) is 22.1. The minimum Gasteiger partial charge on any atom is -0.496 e. The molecule has 1 amide bonds. The second-order valence-corrected chi connectivity index (χ2v) is 8.15. The molecule has 0 spiro atoms. The van der Waals surface area contributed by atoms with Crippen LogP contribution in [0, 0.1) is 13.8 Å². The Labute approximate surface area is 187 Å². The van der Waals surface area contributed by atoms with Crippen molar-refractivity contribution < 1.29 is 9.53 Å². The predicted octanol–water partition coefficient (Wildman–Crippen LogP) is 4.90. The number of benzene rings is 3. The average molecular weight is 432 g/mol. The summed E-state index contributed by atoms with van der Waals surface area (Å²) in [4.78, 5) is 13.5. The molecule has 0 saturated heterocycles. The number of amides is 1. The van der Waals surface area contributed by atoms with Crippen molar-refractivity contribution in [1.82, 2.24) is 10.6 Å². The van der Waals surface area contributed by atoms with Crippen molar-refractivity contribution >= 4 is 39.7 Å². The van der Waals surface area contributed by atoms with Crippen LogP contribution in [0.25, 0.3) is 10.8 Å². The zero-order valence-electron chi connectivity index (χ0n) is 18.0. The smallest absolute Gasteiger partial charge is 0.255 e. The summed E-state index contributed by atoms with van der Waals surface area (Å²) in [6.07, 6.45) is 0. The van der Waals surface area contributed by atoms with E-state index in [0.717, 1.165) is 33.2 Å². The van der Waals surface area contributed by atoms with Gasteiger partial charge in [-0.3, -0.25) is 4.79 Å². The Kier molecular flexibility index (Phi) is 5.65. The van der Waals surface area contributed by atoms with E-state index in [-0.39, 0.29) is 5.91 Å². The van der Waals surface area contributed by atoms with E-state index in [4.69, 9.17) is 17.0 Å². The van der Waals surface area contributed by atoms with Crippen molar-refractivity contribution in [1.29, 1.82) is 0 Å². The van der Waals surface area contributed by atoms with Crippen LogP contribution in [-0.4, -0.2) is 18.1 Å². The third-order valence-electron chi connectivity index (χ3n) is 5.58. The van der Waals surface area contributed by atoms with Gasteiger partial charge in [0.25, 0.3) is 5.91 Å². The minimum absolute atomic E-state index is 0.188. The lowest BCUT2D eigenvalue weighted by atomic mass is 9.90. The summed E-state index contributed by atoms with van der Waals surface area (Å²) in [7, 11) is 1.64. The van der Waals surface area contributed by atoms with Crippen LogP contribution >= 0.6 is 12.2 Å². The number of ether oxygens (including phenoxy) is 1. The Hall–Kier alpha value is -3.38. The van der Waals surface area contributed by atoms with Gasteiger partial charge in [-0.15, -0.1) is 0 Å². The first-order valence-electron chi connectivity index (χ1n) is 10.1. The molecule has 1 aliphatic heterocycles. The molecule has 0 aliphatic carbocycles. The lowest BCUT2D eigenvalue weighted by Crippen LogP contribution is -2.46. The summed E-state index contributed by atoms with van der Waals surface area (Å²) in [5.74, 6) is 0.512. The lowest BCUT2D eigenvalue weighted by molar-refractivity contribution is -0.113. The molecule has 3 N–H and O–H groups in total. The molecule has 31 heavy (non-hydrogen) atoms. The van der Waals surface area contributed by atoms with Gasteiger partial charge in [-0.25, -0.2) is 0 Å². The van der Waals surface area contributed by atoms with Gasteiger partial charge in [-0.1, -0.05) is 48.0 Å². The third-order valence-corrected chi connectivity index (χ3v) is 5.80. The third kappa shape index (κ3) is 3.99. The molecular weight excluding hydrogens is 406 g/mol. The number of carbonyl (C=O) groups is 1. The Morgan fingerprint density at radius 3 is 2.58 bits per heavy atom. The zero-order valence-corrected chi connectivity index (χ0v) is 18.8. The van der Waals surface area contributed by atoms with Crippen LogP contribution in [-0.2, 0) is 4.79 Å². The number of rotatable bonds is 4. The molecule has 0 aromatic heterocycles. The first-order chi connectivity index (χ1) is 14.9. The van der Waals surface area contributed by atoms with Crippen molar-refractivity contribution in [3.8, 4) is 5.75 Å². The Morgan fingerprint density at radius 1 is 1.06 bits per heavy atom. The minimum atomic E-state index is -0.458. The van der Waals surface area contributed by atoms with Crippen molar-refractivity contribution in [2.45, 2.75) is 26.8 Å². The van der Waals surface area contributed by atoms with Gasteiger partial charge in [0.05, 0.1) is 18.7 Å². The van der Waals surface area contributed by atoms with Gasteiger partial charge in [0.1, 0.15) is 5.75 Å². The molecule has 3 aromatic rings. The number of allylic oxidation sites excluding steroid dienone is 1. The second-order valence-electron chi connectivity index (χ2n) is 7.75. The van der Waals surface area contributed by atoms with Crippen LogP contribution < -0.4 is 20.7 Å². The topological polar surface area (TPSA) is 62.4 Å². The maximum atomic E-state index is 13.5. The number of methoxy groups -OCH3 is 1. The fourth-order valence-electron chi connectivity index (χ4n) is 4.11. The van der Waals surface area contributed by atoms with E-state index in [1.807, 2.05) is 69.3 Å². The molecule has 1 atom stereocenters. The second kappa shape index (κ2) is 8.40. The fourth-order valence-corrected chi connectivity index (χ4v) is 4.38. The van der Waals surface area contributed by atoms with Gasteiger partial charge in [0.15, 0.2) is 5.11 Å². The quantitative estimate of drug-likeness (QED) is 0.513. The Balaban J connectivity index is 1.83. The number of aryl methyl sites for hydroxylation is 2. The van der Waals surface area contributed by atoms with Crippen LogP contribution in [0.1, 0.15) is 29.7 Å². The van der Waals surface area contributed by atoms with Crippen LogP contribution in [0.4, 0.5) is 5.69 Å². The normalized spacial score (nSPS) is 16.0. The molecule has 0 saturated carbocycles. The van der Waals surface area contributed by atoms with E-state index in [1.54, 1.807) is 7.11 Å². The maximum Gasteiger partial charge on any atom is 0.255 e. The van der Waals surface area contributed by atoms with Crippen LogP contribution in [0.5, 0.6) is 5.75 Å². The van der Waals surface area contributed by atoms with E-state index >= 15 is 0 Å².